The van der Waals surface area contributed by atoms with Gasteiger partial charge in [-0.15, -0.1) is 0 Å². The van der Waals surface area contributed by atoms with E-state index in [0.717, 1.165) is 37.6 Å². The molecule has 2 aromatic rings. The zero-order chi connectivity index (χ0) is 18.5. The van der Waals surface area contributed by atoms with Crippen LogP contribution >= 0.6 is 0 Å². The number of piperazine rings is 1. The number of carbonyl (C=O) groups excluding carboxylic acids is 1. The Hall–Kier alpha value is -2.87. The lowest BCUT2D eigenvalue weighted by Crippen LogP contribution is -2.49. The molecule has 1 aliphatic rings. The van der Waals surface area contributed by atoms with Crippen LogP contribution in [0.5, 0.6) is 0 Å². The molecule has 0 aliphatic carbocycles. The molecule has 0 unspecified atom stereocenters. The molecule has 1 atom stereocenters. The molecule has 0 bridgehead atoms. The minimum atomic E-state index is -0.399. The van der Waals surface area contributed by atoms with Crippen molar-refractivity contribution in [2.75, 3.05) is 37.6 Å². The number of hydrogen-bond donors (Lipinski definition) is 1. The standard InChI is InChI=1S/C18H22N4O4/c1-14(17-3-2-12-26-17)19-18(23)13-20-8-10-21(11-9-20)15-4-6-16(7-5-15)22(24)25/h2-7,12,14H,8-11,13H2,1H3,(H,19,23)/t14-/m0/s1. The van der Waals surface area contributed by atoms with Crippen molar-refractivity contribution in [3.05, 3.63) is 58.5 Å². The molecule has 1 aromatic carbocycles. The van der Waals surface area contributed by atoms with Crippen LogP contribution in [0.3, 0.4) is 0 Å². The zero-order valence-electron chi connectivity index (χ0n) is 14.6. The first kappa shape index (κ1) is 17.9. The minimum absolute atomic E-state index is 0.0299. The molecule has 26 heavy (non-hydrogen) atoms. The minimum Gasteiger partial charge on any atom is -0.467 e. The number of benzene rings is 1. The van der Waals surface area contributed by atoms with Crippen LogP contribution in [0.25, 0.3) is 0 Å². The highest BCUT2D eigenvalue weighted by Crippen LogP contribution is 2.20. The zero-order valence-corrected chi connectivity index (χ0v) is 14.6. The first-order chi connectivity index (χ1) is 12.5. The first-order valence-electron chi connectivity index (χ1n) is 8.57. The first-order valence-corrected chi connectivity index (χ1v) is 8.57. The highest BCUT2D eigenvalue weighted by atomic mass is 16.6. The van der Waals surface area contributed by atoms with E-state index in [2.05, 4.69) is 15.1 Å². The molecule has 8 nitrogen and oxygen atoms in total. The number of carbonyl (C=O) groups is 1. The third kappa shape index (κ3) is 4.40. The molecule has 1 aromatic heterocycles. The summed E-state index contributed by atoms with van der Waals surface area (Å²) in [4.78, 5) is 26.8. The number of nitro groups is 1. The number of furan rings is 1. The van der Waals surface area contributed by atoms with E-state index in [0.29, 0.717) is 6.54 Å². The fraction of sp³-hybridized carbons (Fsp3) is 0.389. The Morgan fingerprint density at radius 3 is 2.50 bits per heavy atom. The molecule has 1 aliphatic heterocycles. The van der Waals surface area contributed by atoms with Crippen molar-refractivity contribution in [2.24, 2.45) is 0 Å². The smallest absolute Gasteiger partial charge is 0.269 e. The van der Waals surface area contributed by atoms with Crippen LogP contribution < -0.4 is 10.2 Å². The van der Waals surface area contributed by atoms with Gasteiger partial charge in [-0.25, -0.2) is 0 Å². The van der Waals surface area contributed by atoms with Crippen molar-refractivity contribution in [3.8, 4) is 0 Å². The van der Waals surface area contributed by atoms with Crippen LogP contribution in [0, 0.1) is 10.1 Å². The molecular formula is C18H22N4O4. The van der Waals surface area contributed by atoms with Gasteiger partial charge in [0.1, 0.15) is 5.76 Å². The average molecular weight is 358 g/mol. The number of non-ortho nitro benzene ring substituents is 1. The fourth-order valence-electron chi connectivity index (χ4n) is 3.05. The highest BCUT2D eigenvalue weighted by molar-refractivity contribution is 5.78. The number of nitrogens with zero attached hydrogens (tertiary/aromatic N) is 3. The topological polar surface area (TPSA) is 91.9 Å². The lowest BCUT2D eigenvalue weighted by molar-refractivity contribution is -0.384. The second-order valence-corrected chi connectivity index (χ2v) is 6.34. The van der Waals surface area contributed by atoms with E-state index in [9.17, 15) is 14.9 Å². The summed E-state index contributed by atoms with van der Waals surface area (Å²) in [6.45, 7) is 5.32. The van der Waals surface area contributed by atoms with Crippen molar-refractivity contribution in [2.45, 2.75) is 13.0 Å². The molecule has 1 amide bonds. The van der Waals surface area contributed by atoms with Crippen molar-refractivity contribution in [1.29, 1.82) is 0 Å². The van der Waals surface area contributed by atoms with Crippen LogP contribution in [0.15, 0.2) is 47.1 Å². The molecule has 2 heterocycles. The monoisotopic (exact) mass is 358 g/mol. The number of amides is 1. The molecule has 1 fully saturated rings. The second kappa shape index (κ2) is 8.01. The molecule has 0 saturated carbocycles. The molecule has 0 spiro atoms. The quantitative estimate of drug-likeness (QED) is 0.629. The Labute approximate surface area is 151 Å². The number of rotatable bonds is 6. The van der Waals surface area contributed by atoms with E-state index < -0.39 is 4.92 Å². The lowest BCUT2D eigenvalue weighted by Gasteiger charge is -2.35. The van der Waals surface area contributed by atoms with E-state index in [1.54, 1.807) is 24.5 Å². The van der Waals surface area contributed by atoms with Crippen LogP contribution in [0.1, 0.15) is 18.7 Å². The van der Waals surface area contributed by atoms with Crippen molar-refractivity contribution in [3.63, 3.8) is 0 Å². The number of hydrogen-bond acceptors (Lipinski definition) is 6. The normalized spacial score (nSPS) is 16.3. The number of nitrogens with one attached hydrogen (secondary N) is 1. The van der Waals surface area contributed by atoms with Gasteiger partial charge in [0, 0.05) is 44.0 Å². The highest BCUT2D eigenvalue weighted by Gasteiger charge is 2.21. The van der Waals surface area contributed by atoms with Crippen molar-refractivity contribution in [1.82, 2.24) is 10.2 Å². The van der Waals surface area contributed by atoms with Gasteiger partial charge in [0.05, 0.1) is 23.8 Å². The van der Waals surface area contributed by atoms with E-state index in [-0.39, 0.29) is 17.6 Å². The fourth-order valence-corrected chi connectivity index (χ4v) is 3.05. The third-order valence-corrected chi connectivity index (χ3v) is 4.51. The van der Waals surface area contributed by atoms with Gasteiger partial charge < -0.3 is 14.6 Å². The maximum Gasteiger partial charge on any atom is 0.269 e. The van der Waals surface area contributed by atoms with Gasteiger partial charge in [0.2, 0.25) is 5.91 Å². The van der Waals surface area contributed by atoms with Gasteiger partial charge in [0.25, 0.3) is 5.69 Å². The number of nitro benzene ring substituents is 1. The molecular weight excluding hydrogens is 336 g/mol. The van der Waals surface area contributed by atoms with Crippen LogP contribution in [0.4, 0.5) is 11.4 Å². The van der Waals surface area contributed by atoms with Crippen LogP contribution in [-0.4, -0.2) is 48.5 Å². The Bertz CT molecular complexity index is 737. The maximum absolute atomic E-state index is 12.2. The van der Waals surface area contributed by atoms with E-state index in [4.69, 9.17) is 4.42 Å². The molecule has 1 saturated heterocycles. The lowest BCUT2D eigenvalue weighted by atomic mass is 10.2. The molecule has 138 valence electrons. The van der Waals surface area contributed by atoms with Crippen LogP contribution in [-0.2, 0) is 4.79 Å². The van der Waals surface area contributed by atoms with Gasteiger partial charge in [0.15, 0.2) is 0 Å². The summed E-state index contributed by atoms with van der Waals surface area (Å²) in [6, 6.07) is 10.1. The van der Waals surface area contributed by atoms with E-state index in [1.807, 2.05) is 13.0 Å². The SMILES string of the molecule is C[C@H](NC(=O)CN1CCN(c2ccc([N+](=O)[O-])cc2)CC1)c1ccco1. The maximum atomic E-state index is 12.2. The van der Waals surface area contributed by atoms with Gasteiger partial charge >= 0.3 is 0 Å². The van der Waals surface area contributed by atoms with Gasteiger partial charge in [-0.05, 0) is 31.2 Å². The van der Waals surface area contributed by atoms with E-state index >= 15 is 0 Å². The van der Waals surface area contributed by atoms with Gasteiger partial charge in [-0.1, -0.05) is 0 Å². The van der Waals surface area contributed by atoms with Gasteiger partial charge in [-0.3, -0.25) is 19.8 Å². The predicted molar refractivity (Wildman–Crippen MR) is 97.0 cm³/mol. The third-order valence-electron chi connectivity index (χ3n) is 4.51. The Kier molecular flexibility index (Phi) is 5.52. The predicted octanol–water partition coefficient (Wildman–Crippen LogP) is 2.19. The summed E-state index contributed by atoms with van der Waals surface area (Å²) in [6.07, 6.45) is 1.59. The molecule has 0 radical (unpaired) electrons. The summed E-state index contributed by atoms with van der Waals surface area (Å²) < 4.78 is 5.30. The summed E-state index contributed by atoms with van der Waals surface area (Å²) in [5.41, 5.74) is 1.06. The Morgan fingerprint density at radius 2 is 1.92 bits per heavy atom. The molecule has 3 rings (SSSR count). The molecule has 8 heteroatoms. The summed E-state index contributed by atoms with van der Waals surface area (Å²) in [5, 5.41) is 13.7. The van der Waals surface area contributed by atoms with Gasteiger partial charge in [-0.2, -0.15) is 0 Å². The van der Waals surface area contributed by atoms with Crippen molar-refractivity contribution >= 4 is 17.3 Å². The largest absolute Gasteiger partial charge is 0.467 e. The second-order valence-electron chi connectivity index (χ2n) is 6.34. The summed E-state index contributed by atoms with van der Waals surface area (Å²) in [5.74, 6) is 0.707. The summed E-state index contributed by atoms with van der Waals surface area (Å²) >= 11 is 0. The molecule has 1 N–H and O–H groups in total. The summed E-state index contributed by atoms with van der Waals surface area (Å²) in [7, 11) is 0. The van der Waals surface area contributed by atoms with Crippen molar-refractivity contribution < 1.29 is 14.1 Å². The Balaban J connectivity index is 1.46. The van der Waals surface area contributed by atoms with Crippen LogP contribution in [0.2, 0.25) is 0 Å². The Morgan fingerprint density at radius 1 is 1.23 bits per heavy atom. The average Bonchev–Trinajstić information content (AvgIpc) is 3.17. The van der Waals surface area contributed by atoms with E-state index in [1.165, 1.54) is 12.1 Å². The number of anilines is 1.